The van der Waals surface area contributed by atoms with Gasteiger partial charge in [-0.05, 0) is 83.1 Å². The Labute approximate surface area is 270 Å². The van der Waals surface area contributed by atoms with E-state index in [1.165, 1.54) is 25.1 Å². The van der Waals surface area contributed by atoms with Crippen molar-refractivity contribution in [1.82, 2.24) is 9.80 Å². The number of aliphatic hydroxyl groups excluding tert-OH is 2. The summed E-state index contributed by atoms with van der Waals surface area (Å²) in [5.74, 6) is -7.62. The zero-order valence-corrected chi connectivity index (χ0v) is 26.8. The molecule has 244 valence electrons. The van der Waals surface area contributed by atoms with Crippen molar-refractivity contribution in [3.8, 4) is 5.75 Å². The highest BCUT2D eigenvalue weighted by Crippen LogP contribution is 2.53. The van der Waals surface area contributed by atoms with Crippen molar-refractivity contribution in [3.05, 3.63) is 75.0 Å². The molecule has 0 radical (unpaired) electrons. The van der Waals surface area contributed by atoms with Crippen LogP contribution in [0.25, 0.3) is 5.76 Å². The molecule has 3 aliphatic carbocycles. The Balaban J connectivity index is 1.53. The summed E-state index contributed by atoms with van der Waals surface area (Å²) in [7, 11) is 4.80. The summed E-state index contributed by atoms with van der Waals surface area (Å²) < 4.78 is 0. The third-order valence-electron chi connectivity index (χ3n) is 9.68. The smallest absolute Gasteiger partial charge is 0.255 e. The molecule has 1 fully saturated rings. The number of anilines is 1. The minimum absolute atomic E-state index is 0.0520. The zero-order chi connectivity index (χ0) is 34.0. The normalized spacial score (nSPS) is 24.6. The first-order chi connectivity index (χ1) is 21.4. The largest absolute Gasteiger partial charge is 0.508 e. The lowest BCUT2D eigenvalue weighted by Gasteiger charge is -2.50. The van der Waals surface area contributed by atoms with Gasteiger partial charge in [-0.3, -0.25) is 29.0 Å². The van der Waals surface area contributed by atoms with Crippen LogP contribution in [0.2, 0.25) is 5.02 Å². The summed E-state index contributed by atoms with van der Waals surface area (Å²) in [5.41, 5.74) is 1.83. The van der Waals surface area contributed by atoms with Crippen molar-refractivity contribution in [2.75, 3.05) is 26.5 Å². The second-order valence-electron chi connectivity index (χ2n) is 12.9. The number of ketones is 2. The molecule has 2 aromatic carbocycles. The lowest BCUT2D eigenvalue weighted by Crippen LogP contribution is -2.65. The van der Waals surface area contributed by atoms with E-state index in [4.69, 9.17) is 17.3 Å². The van der Waals surface area contributed by atoms with Crippen molar-refractivity contribution < 1.29 is 39.6 Å². The van der Waals surface area contributed by atoms with Gasteiger partial charge < -0.3 is 31.5 Å². The predicted molar refractivity (Wildman–Crippen MR) is 170 cm³/mol. The van der Waals surface area contributed by atoms with Crippen LogP contribution in [0, 0.1) is 11.8 Å². The first-order valence-electron chi connectivity index (χ1n) is 14.7. The van der Waals surface area contributed by atoms with E-state index in [0.717, 1.165) is 0 Å². The van der Waals surface area contributed by atoms with E-state index < -0.39 is 63.6 Å². The van der Waals surface area contributed by atoms with Crippen LogP contribution in [0.4, 0.5) is 5.69 Å². The lowest BCUT2D eigenvalue weighted by molar-refractivity contribution is -0.153. The maximum Gasteiger partial charge on any atom is 0.255 e. The van der Waals surface area contributed by atoms with Crippen LogP contribution in [-0.2, 0) is 32.1 Å². The van der Waals surface area contributed by atoms with Gasteiger partial charge in [0, 0.05) is 28.7 Å². The van der Waals surface area contributed by atoms with Crippen molar-refractivity contribution >= 4 is 46.4 Å². The predicted octanol–water partition coefficient (Wildman–Crippen LogP) is 2.47. The molecular formula is C33H37ClN4O8. The summed E-state index contributed by atoms with van der Waals surface area (Å²) in [6.07, 6.45) is -0.00392. The number of phenolic OH excluding ortho intramolecular Hbond substituents is 1. The molecule has 1 unspecified atom stereocenters. The fourth-order valence-corrected chi connectivity index (χ4v) is 7.18. The Morgan fingerprint density at radius 3 is 2.33 bits per heavy atom. The second kappa shape index (κ2) is 11.5. The first kappa shape index (κ1) is 33.1. The Morgan fingerprint density at radius 2 is 1.74 bits per heavy atom. The van der Waals surface area contributed by atoms with Gasteiger partial charge in [-0.15, -0.1) is 0 Å². The monoisotopic (exact) mass is 652 g/mol. The molecular weight excluding hydrogens is 616 g/mol. The Morgan fingerprint density at radius 1 is 1.11 bits per heavy atom. The SMILES string of the molecule is CN(C)[C@@H]1C(=O)C(C(N)=O)=C(O)C2(O)C(=O)C3=C(O)c4c(O)cc(CN(C)C(C)(C)C(=O)Nc5ccccc5)c(Cl)c4C[C@H]3C[C@@H]12. The number of aromatic hydroxyl groups is 1. The van der Waals surface area contributed by atoms with Crippen LogP contribution in [0.15, 0.2) is 53.3 Å². The van der Waals surface area contributed by atoms with E-state index in [2.05, 4.69) is 5.32 Å². The number of nitrogens with zero attached hydrogens (tertiary/aromatic N) is 2. The van der Waals surface area contributed by atoms with Gasteiger partial charge >= 0.3 is 0 Å². The summed E-state index contributed by atoms with van der Waals surface area (Å²) in [6, 6.07) is 9.16. The third kappa shape index (κ3) is 4.96. The number of amides is 2. The number of primary amides is 1. The van der Waals surface area contributed by atoms with Gasteiger partial charge in [0.1, 0.15) is 22.8 Å². The number of nitrogens with one attached hydrogen (secondary N) is 1. The van der Waals surface area contributed by atoms with Crippen molar-refractivity contribution in [1.29, 1.82) is 0 Å². The number of fused-ring (bicyclic) bond motifs is 3. The molecule has 2 amide bonds. The van der Waals surface area contributed by atoms with Crippen molar-refractivity contribution in [2.24, 2.45) is 17.6 Å². The van der Waals surface area contributed by atoms with E-state index in [-0.39, 0.29) is 47.2 Å². The third-order valence-corrected chi connectivity index (χ3v) is 10.1. The number of nitrogens with two attached hydrogens (primary N) is 1. The first-order valence-corrected chi connectivity index (χ1v) is 15.1. The van der Waals surface area contributed by atoms with Gasteiger partial charge in [0.25, 0.3) is 5.91 Å². The zero-order valence-electron chi connectivity index (χ0n) is 26.1. The number of benzene rings is 2. The number of phenols is 1. The standard InChI is InChI=1S/C33H37ClN4O8/c1-32(2,31(45)36-17-9-7-6-8-10-17)38(5)14-16-13-20(39)22-18(24(16)34)11-15-12-19-25(37(3)4)27(41)23(30(35)44)29(43)33(19,46)28(42)21(15)26(22)40/h6-10,13,15,19,25,39-40,43,46H,11-12,14H2,1-5H3,(H2,35,44)(H,36,45)/t15-,19-,25-,33?/m0/s1. The highest BCUT2D eigenvalue weighted by atomic mass is 35.5. The average molecular weight is 653 g/mol. The molecule has 7 N–H and O–H groups in total. The molecule has 0 saturated heterocycles. The van der Waals surface area contributed by atoms with Crippen molar-refractivity contribution in [3.63, 3.8) is 0 Å². The molecule has 0 heterocycles. The van der Waals surface area contributed by atoms with Crippen LogP contribution in [0.3, 0.4) is 0 Å². The molecule has 2 aromatic rings. The molecule has 5 rings (SSSR count). The minimum atomic E-state index is -2.72. The minimum Gasteiger partial charge on any atom is -0.508 e. The summed E-state index contributed by atoms with van der Waals surface area (Å²) in [4.78, 5) is 55.8. The van der Waals surface area contributed by atoms with Crippen LogP contribution in [-0.4, -0.2) is 91.9 Å². The van der Waals surface area contributed by atoms with Gasteiger partial charge in [-0.1, -0.05) is 29.8 Å². The Kier molecular flexibility index (Phi) is 8.31. The summed E-state index contributed by atoms with van der Waals surface area (Å²) in [6.45, 7) is 3.62. The van der Waals surface area contributed by atoms with E-state index in [1.54, 1.807) is 37.9 Å². The summed E-state index contributed by atoms with van der Waals surface area (Å²) >= 11 is 6.91. The molecule has 0 aliphatic heterocycles. The second-order valence-corrected chi connectivity index (χ2v) is 13.3. The van der Waals surface area contributed by atoms with Gasteiger partial charge in [0.05, 0.1) is 17.1 Å². The highest BCUT2D eigenvalue weighted by Gasteiger charge is 2.64. The number of Topliss-reactive ketones (excluding diaryl/α,β-unsaturated/α-hetero) is 2. The highest BCUT2D eigenvalue weighted by molar-refractivity contribution is 6.32. The maximum absolute atomic E-state index is 14.0. The molecule has 46 heavy (non-hydrogen) atoms. The number of halogens is 1. The van der Waals surface area contributed by atoms with Gasteiger partial charge in [-0.2, -0.15) is 0 Å². The Hall–Kier alpha value is -4.23. The summed E-state index contributed by atoms with van der Waals surface area (Å²) in [5, 5.41) is 48.4. The molecule has 1 saturated carbocycles. The number of para-hydroxylation sites is 1. The van der Waals surface area contributed by atoms with Crippen LogP contribution in [0.5, 0.6) is 5.75 Å². The maximum atomic E-state index is 14.0. The Bertz CT molecular complexity index is 1730. The van der Waals surface area contributed by atoms with Gasteiger partial charge in [0.2, 0.25) is 11.7 Å². The van der Waals surface area contributed by atoms with E-state index in [1.807, 2.05) is 18.2 Å². The molecule has 13 heteroatoms. The molecule has 12 nitrogen and oxygen atoms in total. The van der Waals surface area contributed by atoms with E-state index in [0.29, 0.717) is 16.8 Å². The molecule has 3 aliphatic rings. The van der Waals surface area contributed by atoms with Gasteiger partial charge in [0.15, 0.2) is 11.4 Å². The van der Waals surface area contributed by atoms with Crippen molar-refractivity contribution in [2.45, 2.75) is 50.4 Å². The fourth-order valence-electron chi connectivity index (χ4n) is 6.89. The molecule has 0 aromatic heterocycles. The number of rotatable bonds is 7. The van der Waals surface area contributed by atoms with Gasteiger partial charge in [-0.25, -0.2) is 0 Å². The molecule has 0 bridgehead atoms. The topological polar surface area (TPSA) is 194 Å². The van der Waals surface area contributed by atoms with E-state index in [9.17, 15) is 39.6 Å². The number of carbonyl (C=O) groups is 4. The number of hydrogen-bond acceptors (Lipinski definition) is 10. The van der Waals surface area contributed by atoms with E-state index >= 15 is 0 Å². The number of likely N-dealkylation sites (N-methyl/N-ethyl adjacent to an activating group) is 2. The number of aliphatic hydroxyl groups is 3. The fraction of sp³-hybridized carbons (Fsp3) is 0.394. The van der Waals surface area contributed by atoms with Crippen LogP contribution >= 0.6 is 11.6 Å². The number of hydrogen-bond donors (Lipinski definition) is 6. The van der Waals surface area contributed by atoms with Crippen LogP contribution < -0.4 is 11.1 Å². The number of carbonyl (C=O) groups excluding carboxylic acids is 4. The molecule has 4 atom stereocenters. The lowest BCUT2D eigenvalue weighted by atomic mass is 9.57. The average Bonchev–Trinajstić information content (AvgIpc) is 2.97. The molecule has 0 spiro atoms. The quantitative estimate of drug-likeness (QED) is 0.242. The van der Waals surface area contributed by atoms with Crippen LogP contribution in [0.1, 0.15) is 37.0 Å².